The van der Waals surface area contributed by atoms with Crippen LogP contribution in [-0.2, 0) is 7.05 Å². The molecule has 0 radical (unpaired) electrons. The molecule has 2 aromatic rings. The van der Waals surface area contributed by atoms with Crippen LogP contribution in [0.1, 0.15) is 29.0 Å². The summed E-state index contributed by atoms with van der Waals surface area (Å²) in [4.78, 5) is 12.3. The lowest BCUT2D eigenvalue weighted by molar-refractivity contribution is 0.0931. The first-order chi connectivity index (χ1) is 9.92. The number of hydrogen-bond donors (Lipinski definition) is 1. The third-order valence-electron chi connectivity index (χ3n) is 3.23. The van der Waals surface area contributed by atoms with E-state index in [0.29, 0.717) is 5.69 Å². The first-order valence-electron chi connectivity index (χ1n) is 6.38. The van der Waals surface area contributed by atoms with Gasteiger partial charge in [-0.05, 0) is 62.5 Å². The van der Waals surface area contributed by atoms with Crippen LogP contribution in [0.15, 0.2) is 39.4 Å². The zero-order valence-electron chi connectivity index (χ0n) is 12.0. The molecule has 0 bridgehead atoms. The van der Waals surface area contributed by atoms with Crippen molar-refractivity contribution in [3.05, 3.63) is 50.7 Å². The van der Waals surface area contributed by atoms with E-state index in [-0.39, 0.29) is 11.9 Å². The highest BCUT2D eigenvalue weighted by molar-refractivity contribution is 9.10. The van der Waals surface area contributed by atoms with Crippen LogP contribution >= 0.6 is 31.9 Å². The van der Waals surface area contributed by atoms with Crippen molar-refractivity contribution in [2.45, 2.75) is 13.0 Å². The molecular weight excluding hydrogens is 400 g/mol. The lowest BCUT2D eigenvalue weighted by atomic mass is 10.1. The van der Waals surface area contributed by atoms with Crippen LogP contribution in [0.5, 0.6) is 5.75 Å². The van der Waals surface area contributed by atoms with Crippen LogP contribution in [0.2, 0.25) is 0 Å². The Hall–Kier alpha value is -1.27. The summed E-state index contributed by atoms with van der Waals surface area (Å²) < 4.78 is 8.74. The monoisotopic (exact) mass is 414 g/mol. The molecule has 0 fully saturated rings. The van der Waals surface area contributed by atoms with E-state index in [1.165, 1.54) is 0 Å². The van der Waals surface area contributed by atoms with Crippen LogP contribution < -0.4 is 10.1 Å². The maximum Gasteiger partial charge on any atom is 0.268 e. The van der Waals surface area contributed by atoms with Gasteiger partial charge in [0.15, 0.2) is 0 Å². The molecule has 0 aliphatic rings. The number of aryl methyl sites for hydroxylation is 1. The summed E-state index contributed by atoms with van der Waals surface area (Å²) in [6, 6.07) is 7.46. The number of ether oxygens (including phenoxy) is 1. The Bertz CT molecular complexity index is 668. The molecule has 21 heavy (non-hydrogen) atoms. The maximum absolute atomic E-state index is 12.3. The van der Waals surface area contributed by atoms with Gasteiger partial charge in [0.25, 0.3) is 5.91 Å². The first-order valence-corrected chi connectivity index (χ1v) is 7.97. The molecule has 1 atom stereocenters. The van der Waals surface area contributed by atoms with Crippen LogP contribution in [0.25, 0.3) is 0 Å². The smallest absolute Gasteiger partial charge is 0.268 e. The Morgan fingerprint density at radius 3 is 2.57 bits per heavy atom. The van der Waals surface area contributed by atoms with E-state index >= 15 is 0 Å². The van der Waals surface area contributed by atoms with Crippen molar-refractivity contribution in [2.24, 2.45) is 7.05 Å². The third-order valence-corrected chi connectivity index (χ3v) is 4.28. The van der Waals surface area contributed by atoms with Gasteiger partial charge in [-0.1, -0.05) is 6.07 Å². The number of methoxy groups -OCH3 is 1. The predicted octanol–water partition coefficient (Wildman–Crippen LogP) is 4.05. The summed E-state index contributed by atoms with van der Waals surface area (Å²) in [5.74, 6) is 0.659. The SMILES string of the molecule is COc1ccc(C(C)NC(=O)c2cc(Br)cn2C)cc1Br. The summed E-state index contributed by atoms with van der Waals surface area (Å²) in [6.45, 7) is 1.95. The zero-order valence-corrected chi connectivity index (χ0v) is 15.2. The average molecular weight is 416 g/mol. The van der Waals surface area contributed by atoms with E-state index in [1.54, 1.807) is 17.7 Å². The van der Waals surface area contributed by atoms with Gasteiger partial charge in [0.1, 0.15) is 11.4 Å². The van der Waals surface area contributed by atoms with Crippen molar-refractivity contribution >= 4 is 37.8 Å². The van der Waals surface area contributed by atoms with Crippen LogP contribution in [0.3, 0.4) is 0 Å². The van der Waals surface area contributed by atoms with E-state index < -0.39 is 0 Å². The van der Waals surface area contributed by atoms with Gasteiger partial charge < -0.3 is 14.6 Å². The summed E-state index contributed by atoms with van der Waals surface area (Å²) in [5, 5.41) is 2.99. The second kappa shape index (κ2) is 6.66. The van der Waals surface area contributed by atoms with Gasteiger partial charge in [-0.25, -0.2) is 0 Å². The van der Waals surface area contributed by atoms with Gasteiger partial charge in [0, 0.05) is 17.7 Å². The van der Waals surface area contributed by atoms with Crippen molar-refractivity contribution in [1.82, 2.24) is 9.88 Å². The van der Waals surface area contributed by atoms with Gasteiger partial charge in [0.2, 0.25) is 0 Å². The van der Waals surface area contributed by atoms with Crippen LogP contribution in [0.4, 0.5) is 0 Å². The highest BCUT2D eigenvalue weighted by Crippen LogP contribution is 2.28. The number of halogens is 2. The van der Waals surface area contributed by atoms with Crippen LogP contribution in [0, 0.1) is 0 Å². The summed E-state index contributed by atoms with van der Waals surface area (Å²) >= 11 is 6.82. The minimum atomic E-state index is -0.109. The van der Waals surface area contributed by atoms with Crippen molar-refractivity contribution in [1.29, 1.82) is 0 Å². The topological polar surface area (TPSA) is 43.3 Å². The number of benzene rings is 1. The Balaban J connectivity index is 2.14. The molecular formula is C15H16Br2N2O2. The molecule has 2 rings (SSSR count). The molecule has 0 saturated carbocycles. The fourth-order valence-electron chi connectivity index (χ4n) is 2.06. The number of nitrogens with zero attached hydrogens (tertiary/aromatic N) is 1. The molecule has 1 aromatic carbocycles. The fraction of sp³-hybridized carbons (Fsp3) is 0.267. The van der Waals surface area contributed by atoms with Crippen LogP contribution in [-0.4, -0.2) is 17.6 Å². The molecule has 1 heterocycles. The second-order valence-corrected chi connectivity index (χ2v) is 6.51. The van der Waals surface area contributed by atoms with E-state index in [1.807, 2.05) is 38.4 Å². The molecule has 6 heteroatoms. The second-order valence-electron chi connectivity index (χ2n) is 4.74. The van der Waals surface area contributed by atoms with Gasteiger partial charge >= 0.3 is 0 Å². The summed E-state index contributed by atoms with van der Waals surface area (Å²) in [6.07, 6.45) is 1.85. The van der Waals surface area contributed by atoms with Gasteiger partial charge in [0.05, 0.1) is 17.6 Å². The molecule has 1 amide bonds. The van der Waals surface area contributed by atoms with E-state index in [4.69, 9.17) is 4.74 Å². The van der Waals surface area contributed by atoms with Crippen molar-refractivity contribution in [2.75, 3.05) is 7.11 Å². The average Bonchev–Trinajstić information content (AvgIpc) is 2.77. The van der Waals surface area contributed by atoms with Gasteiger partial charge in [-0.15, -0.1) is 0 Å². The Morgan fingerprint density at radius 1 is 1.33 bits per heavy atom. The number of aromatic nitrogens is 1. The Labute approximate surface area is 140 Å². The Kier molecular flexibility index (Phi) is 5.11. The Morgan fingerprint density at radius 2 is 2.05 bits per heavy atom. The maximum atomic E-state index is 12.3. The highest BCUT2D eigenvalue weighted by atomic mass is 79.9. The number of rotatable bonds is 4. The zero-order chi connectivity index (χ0) is 15.6. The van der Waals surface area contributed by atoms with Crippen molar-refractivity contribution in [3.8, 4) is 5.75 Å². The molecule has 0 aliphatic heterocycles. The number of carbonyl (C=O) groups is 1. The van der Waals surface area contributed by atoms with E-state index in [0.717, 1.165) is 20.3 Å². The van der Waals surface area contributed by atoms with Gasteiger partial charge in [-0.2, -0.15) is 0 Å². The van der Waals surface area contributed by atoms with Crippen molar-refractivity contribution < 1.29 is 9.53 Å². The minimum Gasteiger partial charge on any atom is -0.496 e. The lowest BCUT2D eigenvalue weighted by Crippen LogP contribution is -2.28. The van der Waals surface area contributed by atoms with Gasteiger partial charge in [-0.3, -0.25) is 4.79 Å². The summed E-state index contributed by atoms with van der Waals surface area (Å²) in [7, 11) is 3.46. The quantitative estimate of drug-likeness (QED) is 0.818. The van der Waals surface area contributed by atoms with Crippen molar-refractivity contribution in [3.63, 3.8) is 0 Å². The normalized spacial score (nSPS) is 12.0. The molecule has 1 N–H and O–H groups in total. The number of nitrogens with one attached hydrogen (secondary N) is 1. The number of amides is 1. The highest BCUT2D eigenvalue weighted by Gasteiger charge is 2.15. The standard InChI is InChI=1S/C15H16Br2N2O2/c1-9(10-4-5-14(21-3)12(17)6-10)18-15(20)13-7-11(16)8-19(13)2/h4-9H,1-3H3,(H,18,20). The largest absolute Gasteiger partial charge is 0.496 e. The molecule has 0 saturated heterocycles. The van der Waals surface area contributed by atoms with E-state index in [2.05, 4.69) is 37.2 Å². The first kappa shape index (κ1) is 16.1. The number of carbonyl (C=O) groups excluding carboxylic acids is 1. The van der Waals surface area contributed by atoms with E-state index in [9.17, 15) is 4.79 Å². The minimum absolute atomic E-state index is 0.103. The lowest BCUT2D eigenvalue weighted by Gasteiger charge is -2.16. The third kappa shape index (κ3) is 3.68. The molecule has 4 nitrogen and oxygen atoms in total. The fourth-order valence-corrected chi connectivity index (χ4v) is 3.14. The predicted molar refractivity (Wildman–Crippen MR) is 89.7 cm³/mol. The molecule has 112 valence electrons. The molecule has 0 spiro atoms. The molecule has 0 aliphatic carbocycles. The molecule has 1 unspecified atom stereocenters. The summed E-state index contributed by atoms with van der Waals surface area (Å²) in [5.41, 5.74) is 1.62. The molecule has 1 aromatic heterocycles. The number of hydrogen-bond acceptors (Lipinski definition) is 2.